The molecule has 0 unspecified atom stereocenters. The van der Waals surface area contributed by atoms with Gasteiger partial charge in [-0.15, -0.1) is 0 Å². The zero-order valence-electron chi connectivity index (χ0n) is 12.3. The fraction of sp³-hybridized carbons (Fsp3) is 0.588. The fourth-order valence-corrected chi connectivity index (χ4v) is 3.36. The predicted octanol–water partition coefficient (Wildman–Crippen LogP) is 2.90. The van der Waals surface area contributed by atoms with E-state index in [9.17, 15) is 9.18 Å². The van der Waals surface area contributed by atoms with Crippen LogP contribution in [0, 0.1) is 11.7 Å². The van der Waals surface area contributed by atoms with Crippen LogP contribution in [0.5, 0.6) is 0 Å². The van der Waals surface area contributed by atoms with Crippen molar-refractivity contribution in [3.05, 3.63) is 35.6 Å². The average molecular weight is 291 g/mol. The van der Waals surface area contributed by atoms with Crippen molar-refractivity contribution in [2.24, 2.45) is 5.92 Å². The molecule has 0 amide bonds. The average Bonchev–Trinajstić information content (AvgIpc) is 3.00. The number of likely N-dealkylation sites (tertiary alicyclic amines) is 1. The minimum Gasteiger partial charge on any atom is -0.377 e. The van der Waals surface area contributed by atoms with Crippen LogP contribution in [0.4, 0.5) is 4.39 Å². The minimum absolute atomic E-state index is 0.0330. The molecule has 2 saturated heterocycles. The number of rotatable bonds is 4. The van der Waals surface area contributed by atoms with Crippen LogP contribution in [-0.4, -0.2) is 43.0 Å². The zero-order chi connectivity index (χ0) is 14.7. The van der Waals surface area contributed by atoms with Gasteiger partial charge in [-0.1, -0.05) is 0 Å². The molecule has 114 valence electrons. The molecule has 4 heteroatoms. The lowest BCUT2D eigenvalue weighted by Crippen LogP contribution is -2.42. The van der Waals surface area contributed by atoms with Crippen LogP contribution in [0.25, 0.3) is 0 Å². The first-order valence-electron chi connectivity index (χ1n) is 7.86. The normalized spacial score (nSPS) is 26.9. The van der Waals surface area contributed by atoms with E-state index in [0.29, 0.717) is 11.7 Å². The van der Waals surface area contributed by atoms with Gasteiger partial charge in [-0.3, -0.25) is 4.79 Å². The van der Waals surface area contributed by atoms with Crippen molar-refractivity contribution >= 4 is 5.78 Å². The highest BCUT2D eigenvalue weighted by molar-refractivity contribution is 5.98. The van der Waals surface area contributed by atoms with Gasteiger partial charge in [0.15, 0.2) is 5.78 Å². The third-order valence-electron chi connectivity index (χ3n) is 4.49. The van der Waals surface area contributed by atoms with Crippen molar-refractivity contribution in [1.82, 2.24) is 4.90 Å². The van der Waals surface area contributed by atoms with Gasteiger partial charge in [0.25, 0.3) is 0 Å². The third-order valence-corrected chi connectivity index (χ3v) is 4.49. The summed E-state index contributed by atoms with van der Waals surface area (Å²) in [6.45, 7) is 3.66. The number of carbonyl (C=O) groups is 1. The summed E-state index contributed by atoms with van der Waals surface area (Å²) in [6.07, 6.45) is 4.59. The first kappa shape index (κ1) is 14.7. The van der Waals surface area contributed by atoms with E-state index in [2.05, 4.69) is 4.90 Å². The summed E-state index contributed by atoms with van der Waals surface area (Å²) in [5, 5.41) is 0. The monoisotopic (exact) mass is 291 g/mol. The van der Waals surface area contributed by atoms with Gasteiger partial charge in [0.2, 0.25) is 0 Å². The first-order chi connectivity index (χ1) is 10.2. The molecular weight excluding hydrogens is 269 g/mol. The molecule has 0 aliphatic carbocycles. The quantitative estimate of drug-likeness (QED) is 0.799. The van der Waals surface area contributed by atoms with Crippen LogP contribution in [0.3, 0.4) is 0 Å². The van der Waals surface area contributed by atoms with Crippen LogP contribution in [0.1, 0.15) is 36.0 Å². The van der Waals surface area contributed by atoms with Gasteiger partial charge < -0.3 is 9.64 Å². The summed E-state index contributed by atoms with van der Waals surface area (Å²) >= 11 is 0. The maximum Gasteiger partial charge on any atom is 0.167 e. The van der Waals surface area contributed by atoms with Crippen molar-refractivity contribution in [2.45, 2.75) is 31.8 Å². The maximum atomic E-state index is 12.9. The Morgan fingerprint density at radius 3 is 2.76 bits per heavy atom. The predicted molar refractivity (Wildman–Crippen MR) is 78.9 cm³/mol. The van der Waals surface area contributed by atoms with Crippen LogP contribution in [0.15, 0.2) is 24.3 Å². The van der Waals surface area contributed by atoms with Crippen LogP contribution in [-0.2, 0) is 4.74 Å². The van der Waals surface area contributed by atoms with Crippen molar-refractivity contribution in [3.63, 3.8) is 0 Å². The van der Waals surface area contributed by atoms with Gasteiger partial charge in [-0.25, -0.2) is 4.39 Å². The molecule has 2 heterocycles. The highest BCUT2D eigenvalue weighted by Gasteiger charge is 2.28. The summed E-state index contributed by atoms with van der Waals surface area (Å²) in [7, 11) is 0. The van der Waals surface area contributed by atoms with Gasteiger partial charge in [0.1, 0.15) is 5.82 Å². The molecule has 2 atom stereocenters. The van der Waals surface area contributed by atoms with E-state index in [1.54, 1.807) is 12.1 Å². The van der Waals surface area contributed by atoms with Crippen molar-refractivity contribution in [1.29, 1.82) is 0 Å². The molecule has 21 heavy (non-hydrogen) atoms. The number of ketones is 1. The Morgan fingerprint density at radius 2 is 2.05 bits per heavy atom. The second-order valence-electron chi connectivity index (χ2n) is 6.10. The lowest BCUT2D eigenvalue weighted by atomic mass is 9.90. The smallest absolute Gasteiger partial charge is 0.167 e. The third kappa shape index (κ3) is 3.69. The zero-order valence-corrected chi connectivity index (χ0v) is 12.3. The van der Waals surface area contributed by atoms with Crippen LogP contribution >= 0.6 is 0 Å². The van der Waals surface area contributed by atoms with Crippen molar-refractivity contribution in [3.8, 4) is 0 Å². The molecule has 0 aromatic heterocycles. The topological polar surface area (TPSA) is 29.5 Å². The lowest BCUT2D eigenvalue weighted by Gasteiger charge is -2.33. The maximum absolute atomic E-state index is 12.9. The molecule has 0 spiro atoms. The highest BCUT2D eigenvalue weighted by Crippen LogP contribution is 2.23. The SMILES string of the molecule is O=C(c1ccc(F)cc1)[C@@H]1CCCN(C[C@@H]2CCCO2)C1. The number of ether oxygens (including phenoxy) is 1. The van der Waals surface area contributed by atoms with Crippen LogP contribution < -0.4 is 0 Å². The number of halogens is 1. The molecule has 3 rings (SSSR count). The van der Waals surface area contributed by atoms with Gasteiger partial charge in [0.05, 0.1) is 6.10 Å². The Morgan fingerprint density at radius 1 is 1.24 bits per heavy atom. The first-order valence-corrected chi connectivity index (χ1v) is 7.86. The molecule has 2 aliphatic rings. The number of piperidine rings is 1. The second kappa shape index (κ2) is 6.67. The van der Waals surface area contributed by atoms with Gasteiger partial charge >= 0.3 is 0 Å². The number of hydrogen-bond donors (Lipinski definition) is 0. The largest absolute Gasteiger partial charge is 0.377 e. The molecule has 2 fully saturated rings. The van der Waals surface area contributed by atoms with E-state index in [0.717, 1.165) is 51.9 Å². The molecule has 0 bridgehead atoms. The molecule has 0 saturated carbocycles. The van der Waals surface area contributed by atoms with E-state index in [-0.39, 0.29) is 17.5 Å². The summed E-state index contributed by atoms with van der Waals surface area (Å²) < 4.78 is 18.6. The van der Waals surface area contributed by atoms with Crippen LogP contribution in [0.2, 0.25) is 0 Å². The van der Waals surface area contributed by atoms with E-state index in [4.69, 9.17) is 4.74 Å². The summed E-state index contributed by atoms with van der Waals surface area (Å²) in [5.41, 5.74) is 0.625. The molecule has 2 aliphatic heterocycles. The summed E-state index contributed by atoms with van der Waals surface area (Å²) in [4.78, 5) is 14.9. The van der Waals surface area contributed by atoms with Crippen molar-refractivity contribution in [2.75, 3.05) is 26.2 Å². The number of Topliss-reactive ketones (excluding diaryl/α,β-unsaturated/α-hetero) is 1. The number of benzene rings is 1. The molecular formula is C17H22FNO2. The van der Waals surface area contributed by atoms with E-state index in [1.165, 1.54) is 12.1 Å². The number of nitrogens with zero attached hydrogens (tertiary/aromatic N) is 1. The molecule has 0 radical (unpaired) electrons. The highest BCUT2D eigenvalue weighted by atomic mass is 19.1. The van der Waals surface area contributed by atoms with Gasteiger partial charge in [-0.05, 0) is 56.5 Å². The number of hydrogen-bond acceptors (Lipinski definition) is 3. The standard InChI is InChI=1S/C17H22FNO2/c18-15-7-5-13(6-8-15)17(20)14-3-1-9-19(11-14)12-16-4-2-10-21-16/h5-8,14,16H,1-4,9-12H2/t14-,16+/m1/s1. The van der Waals surface area contributed by atoms with Gasteiger partial charge in [0, 0.05) is 31.2 Å². The summed E-state index contributed by atoms with van der Waals surface area (Å²) in [5.74, 6) is -0.118. The summed E-state index contributed by atoms with van der Waals surface area (Å²) in [6, 6.07) is 5.91. The molecule has 0 N–H and O–H groups in total. The fourth-order valence-electron chi connectivity index (χ4n) is 3.36. The van der Waals surface area contributed by atoms with E-state index in [1.807, 2.05) is 0 Å². The Balaban J connectivity index is 1.59. The Hall–Kier alpha value is -1.26. The molecule has 1 aromatic carbocycles. The Labute approximate surface area is 125 Å². The Kier molecular flexibility index (Phi) is 4.66. The Bertz CT molecular complexity index is 482. The molecule has 3 nitrogen and oxygen atoms in total. The number of carbonyl (C=O) groups excluding carboxylic acids is 1. The van der Waals surface area contributed by atoms with E-state index < -0.39 is 0 Å². The lowest BCUT2D eigenvalue weighted by molar-refractivity contribution is 0.0522. The minimum atomic E-state index is -0.296. The van der Waals surface area contributed by atoms with Gasteiger partial charge in [-0.2, -0.15) is 0 Å². The van der Waals surface area contributed by atoms with E-state index >= 15 is 0 Å². The van der Waals surface area contributed by atoms with Crippen molar-refractivity contribution < 1.29 is 13.9 Å². The second-order valence-corrected chi connectivity index (χ2v) is 6.10. The molecule has 1 aromatic rings.